The van der Waals surface area contributed by atoms with Crippen LogP contribution in [0.25, 0.3) is 0 Å². The molecule has 0 radical (unpaired) electrons. The van der Waals surface area contributed by atoms with E-state index in [1.807, 2.05) is 19.1 Å². The van der Waals surface area contributed by atoms with Crippen molar-refractivity contribution in [2.45, 2.75) is 19.9 Å². The molecule has 0 aliphatic rings. The van der Waals surface area contributed by atoms with E-state index in [0.29, 0.717) is 18.0 Å². The first-order valence-corrected chi connectivity index (χ1v) is 5.49. The van der Waals surface area contributed by atoms with Gasteiger partial charge < -0.3 is 21.1 Å². The van der Waals surface area contributed by atoms with Gasteiger partial charge in [-0.2, -0.15) is 0 Å². The van der Waals surface area contributed by atoms with Crippen LogP contribution in [0.1, 0.15) is 13.8 Å². The maximum atomic E-state index is 11.0. The van der Waals surface area contributed by atoms with Crippen LogP contribution in [-0.2, 0) is 4.79 Å². The molecule has 5 heteroatoms. The average molecular weight is 237 g/mol. The standard InChI is InChI=1S/C12H19N3O2/c1-8(7-13)14-10-4-5-11(15-9(2)16)12(6-10)17-3/h4-6,8,14H,7,13H2,1-3H3,(H,15,16). The minimum Gasteiger partial charge on any atom is -0.494 e. The molecule has 1 amide bonds. The van der Waals surface area contributed by atoms with Crippen LogP contribution < -0.4 is 21.1 Å². The Morgan fingerprint density at radius 3 is 2.76 bits per heavy atom. The van der Waals surface area contributed by atoms with Gasteiger partial charge in [0.15, 0.2) is 0 Å². The minimum absolute atomic E-state index is 0.126. The maximum absolute atomic E-state index is 11.0. The number of carbonyl (C=O) groups excluding carboxylic acids is 1. The van der Waals surface area contributed by atoms with E-state index in [9.17, 15) is 4.79 Å². The van der Waals surface area contributed by atoms with E-state index >= 15 is 0 Å². The molecule has 1 aromatic rings. The first-order chi connectivity index (χ1) is 8.06. The lowest BCUT2D eigenvalue weighted by Gasteiger charge is -2.15. The van der Waals surface area contributed by atoms with Crippen LogP contribution >= 0.6 is 0 Å². The number of anilines is 2. The lowest BCUT2D eigenvalue weighted by atomic mass is 10.2. The van der Waals surface area contributed by atoms with Crippen molar-refractivity contribution in [3.63, 3.8) is 0 Å². The number of ether oxygens (including phenoxy) is 1. The zero-order valence-corrected chi connectivity index (χ0v) is 10.4. The monoisotopic (exact) mass is 237 g/mol. The van der Waals surface area contributed by atoms with Crippen molar-refractivity contribution in [1.29, 1.82) is 0 Å². The summed E-state index contributed by atoms with van der Waals surface area (Å²) in [6.07, 6.45) is 0. The zero-order chi connectivity index (χ0) is 12.8. The van der Waals surface area contributed by atoms with Crippen LogP contribution in [0.15, 0.2) is 18.2 Å². The third-order valence-electron chi connectivity index (χ3n) is 2.28. The highest BCUT2D eigenvalue weighted by atomic mass is 16.5. The molecule has 0 aliphatic carbocycles. The number of hydrogen-bond acceptors (Lipinski definition) is 4. The second-order valence-electron chi connectivity index (χ2n) is 3.88. The molecule has 0 heterocycles. The summed E-state index contributed by atoms with van der Waals surface area (Å²) in [4.78, 5) is 11.0. The predicted octanol–water partition coefficient (Wildman–Crippen LogP) is 1.41. The van der Waals surface area contributed by atoms with Gasteiger partial charge in [0.05, 0.1) is 12.8 Å². The van der Waals surface area contributed by atoms with Crippen molar-refractivity contribution in [3.8, 4) is 5.75 Å². The summed E-state index contributed by atoms with van der Waals surface area (Å²) in [7, 11) is 1.57. The van der Waals surface area contributed by atoms with Gasteiger partial charge in [0, 0.05) is 31.3 Å². The Kier molecular flexibility index (Phi) is 4.78. The van der Waals surface area contributed by atoms with Crippen LogP contribution in [0.2, 0.25) is 0 Å². The molecule has 0 saturated heterocycles. The first-order valence-electron chi connectivity index (χ1n) is 5.49. The van der Waals surface area contributed by atoms with E-state index in [2.05, 4.69) is 10.6 Å². The minimum atomic E-state index is -0.126. The fourth-order valence-corrected chi connectivity index (χ4v) is 1.42. The van der Waals surface area contributed by atoms with Crippen molar-refractivity contribution in [3.05, 3.63) is 18.2 Å². The topological polar surface area (TPSA) is 76.4 Å². The number of amides is 1. The molecule has 0 aromatic heterocycles. The number of nitrogens with two attached hydrogens (primary N) is 1. The van der Waals surface area contributed by atoms with Gasteiger partial charge in [-0.25, -0.2) is 0 Å². The van der Waals surface area contributed by atoms with Crippen LogP contribution in [0.3, 0.4) is 0 Å². The SMILES string of the molecule is COc1cc(NC(C)CN)ccc1NC(C)=O. The summed E-state index contributed by atoms with van der Waals surface area (Å²) in [5, 5.41) is 5.93. The molecule has 4 N–H and O–H groups in total. The number of methoxy groups -OCH3 is 1. The van der Waals surface area contributed by atoms with E-state index in [0.717, 1.165) is 5.69 Å². The average Bonchev–Trinajstić information content (AvgIpc) is 2.30. The van der Waals surface area contributed by atoms with Crippen molar-refractivity contribution < 1.29 is 9.53 Å². The van der Waals surface area contributed by atoms with E-state index in [4.69, 9.17) is 10.5 Å². The molecular formula is C12H19N3O2. The largest absolute Gasteiger partial charge is 0.494 e. The molecule has 1 rings (SSSR count). The molecule has 0 fully saturated rings. The van der Waals surface area contributed by atoms with Gasteiger partial charge in [-0.1, -0.05) is 0 Å². The highest BCUT2D eigenvalue weighted by Gasteiger charge is 2.07. The highest BCUT2D eigenvalue weighted by molar-refractivity contribution is 5.90. The second kappa shape index (κ2) is 6.10. The van der Waals surface area contributed by atoms with Crippen LogP contribution in [0.4, 0.5) is 11.4 Å². The van der Waals surface area contributed by atoms with Crippen molar-refractivity contribution in [2.24, 2.45) is 5.73 Å². The highest BCUT2D eigenvalue weighted by Crippen LogP contribution is 2.28. The first kappa shape index (κ1) is 13.3. The molecular weight excluding hydrogens is 218 g/mol. The Morgan fingerprint density at radius 1 is 1.53 bits per heavy atom. The van der Waals surface area contributed by atoms with E-state index in [1.54, 1.807) is 13.2 Å². The zero-order valence-electron chi connectivity index (χ0n) is 10.4. The number of benzene rings is 1. The fourth-order valence-electron chi connectivity index (χ4n) is 1.42. The third-order valence-corrected chi connectivity index (χ3v) is 2.28. The molecule has 0 bridgehead atoms. The second-order valence-corrected chi connectivity index (χ2v) is 3.88. The summed E-state index contributed by atoms with van der Waals surface area (Å²) in [5.74, 6) is 0.494. The lowest BCUT2D eigenvalue weighted by molar-refractivity contribution is -0.114. The summed E-state index contributed by atoms with van der Waals surface area (Å²) >= 11 is 0. The number of carbonyl (C=O) groups is 1. The normalized spacial score (nSPS) is 11.8. The summed E-state index contributed by atoms with van der Waals surface area (Å²) < 4.78 is 5.22. The summed E-state index contributed by atoms with van der Waals surface area (Å²) in [6.45, 7) is 4.01. The maximum Gasteiger partial charge on any atom is 0.221 e. The Labute approximate surface area is 101 Å². The molecule has 1 atom stereocenters. The molecule has 94 valence electrons. The van der Waals surface area contributed by atoms with E-state index in [1.165, 1.54) is 6.92 Å². The summed E-state index contributed by atoms with van der Waals surface area (Å²) in [5.41, 5.74) is 7.10. The Morgan fingerprint density at radius 2 is 2.24 bits per heavy atom. The van der Waals surface area contributed by atoms with Gasteiger partial charge in [-0.3, -0.25) is 4.79 Å². The quantitative estimate of drug-likeness (QED) is 0.723. The number of nitrogens with one attached hydrogen (secondary N) is 2. The van der Waals surface area contributed by atoms with Gasteiger partial charge in [-0.15, -0.1) is 0 Å². The molecule has 1 aromatic carbocycles. The van der Waals surface area contributed by atoms with Crippen LogP contribution in [0.5, 0.6) is 5.75 Å². The van der Waals surface area contributed by atoms with Crippen molar-refractivity contribution >= 4 is 17.3 Å². The van der Waals surface area contributed by atoms with E-state index in [-0.39, 0.29) is 11.9 Å². The molecule has 0 aliphatic heterocycles. The van der Waals surface area contributed by atoms with Gasteiger partial charge in [0.1, 0.15) is 5.75 Å². The molecule has 0 spiro atoms. The van der Waals surface area contributed by atoms with E-state index < -0.39 is 0 Å². The molecule has 0 saturated carbocycles. The molecule has 5 nitrogen and oxygen atoms in total. The number of rotatable bonds is 5. The molecule has 1 unspecified atom stereocenters. The van der Waals surface area contributed by atoms with Gasteiger partial charge in [0.2, 0.25) is 5.91 Å². The predicted molar refractivity (Wildman–Crippen MR) is 69.4 cm³/mol. The van der Waals surface area contributed by atoms with Gasteiger partial charge in [0.25, 0.3) is 0 Å². The van der Waals surface area contributed by atoms with Crippen LogP contribution in [0, 0.1) is 0 Å². The Balaban J connectivity index is 2.88. The lowest BCUT2D eigenvalue weighted by Crippen LogP contribution is -2.25. The number of hydrogen-bond donors (Lipinski definition) is 3. The van der Waals surface area contributed by atoms with Crippen LogP contribution in [-0.4, -0.2) is 25.6 Å². The Hall–Kier alpha value is -1.75. The van der Waals surface area contributed by atoms with Gasteiger partial charge in [-0.05, 0) is 19.1 Å². The Bertz CT molecular complexity index is 393. The summed E-state index contributed by atoms with van der Waals surface area (Å²) in [6, 6.07) is 5.69. The fraction of sp³-hybridized carbons (Fsp3) is 0.417. The third kappa shape index (κ3) is 3.96. The van der Waals surface area contributed by atoms with Crippen molar-refractivity contribution in [2.75, 3.05) is 24.3 Å². The molecule has 17 heavy (non-hydrogen) atoms. The van der Waals surface area contributed by atoms with Crippen molar-refractivity contribution in [1.82, 2.24) is 0 Å². The smallest absolute Gasteiger partial charge is 0.221 e. The van der Waals surface area contributed by atoms with Gasteiger partial charge >= 0.3 is 0 Å².